The number of aromatic nitrogens is 1. The van der Waals surface area contributed by atoms with Crippen LogP contribution in [0, 0.1) is 0 Å². The van der Waals surface area contributed by atoms with Gasteiger partial charge in [0.15, 0.2) is 0 Å². The Bertz CT molecular complexity index is 1080. The van der Waals surface area contributed by atoms with Crippen molar-refractivity contribution in [3.8, 4) is 22.9 Å². The fraction of sp³-hybridized carbons (Fsp3) is 0.115. The molecule has 1 heterocycles. The van der Waals surface area contributed by atoms with E-state index in [9.17, 15) is 0 Å². The number of nitrogens with zero attached hydrogens (tertiary/aromatic N) is 1. The predicted molar refractivity (Wildman–Crippen MR) is 121 cm³/mol. The average molecular weight is 396 g/mol. The molecule has 0 aliphatic rings. The normalized spacial score (nSPS) is 10.4. The lowest BCUT2D eigenvalue weighted by Crippen LogP contribution is -2.02. The maximum atomic E-state index is 6.13. The van der Waals surface area contributed by atoms with Crippen LogP contribution in [0.1, 0.15) is 11.1 Å². The Labute approximate surface area is 177 Å². The number of nitrogens with one attached hydrogen (secondary N) is 1. The number of benzene rings is 3. The van der Waals surface area contributed by atoms with Gasteiger partial charge in [-0.2, -0.15) is 4.98 Å². The van der Waals surface area contributed by atoms with E-state index in [0.29, 0.717) is 25.0 Å². The third-order valence-corrected chi connectivity index (χ3v) is 4.74. The van der Waals surface area contributed by atoms with Crippen molar-refractivity contribution in [2.24, 2.45) is 0 Å². The molecule has 0 atom stereocenters. The van der Waals surface area contributed by atoms with Crippen molar-refractivity contribution in [2.75, 3.05) is 12.4 Å². The molecular weight excluding hydrogens is 372 g/mol. The van der Waals surface area contributed by atoms with Crippen LogP contribution in [0.15, 0.2) is 97.1 Å². The molecular formula is C26H24N2O2. The summed E-state index contributed by atoms with van der Waals surface area (Å²) in [6.45, 7) is 0.898. The third-order valence-electron chi connectivity index (χ3n) is 4.74. The van der Waals surface area contributed by atoms with Crippen molar-refractivity contribution in [2.45, 2.75) is 13.2 Å². The monoisotopic (exact) mass is 396 g/mol. The van der Waals surface area contributed by atoms with Gasteiger partial charge in [-0.15, -0.1) is 0 Å². The average Bonchev–Trinajstić information content (AvgIpc) is 2.83. The fourth-order valence-corrected chi connectivity index (χ4v) is 3.13. The van der Waals surface area contributed by atoms with Crippen LogP contribution in [0.5, 0.6) is 11.8 Å². The van der Waals surface area contributed by atoms with Crippen molar-refractivity contribution in [1.29, 1.82) is 0 Å². The largest absolute Gasteiger partial charge is 0.473 e. The molecule has 0 radical (unpaired) electrons. The number of hydrogen-bond donors (Lipinski definition) is 1. The molecule has 3 aromatic carbocycles. The summed E-state index contributed by atoms with van der Waals surface area (Å²) in [5.74, 6) is 1.09. The van der Waals surface area contributed by atoms with Gasteiger partial charge >= 0.3 is 0 Å². The van der Waals surface area contributed by atoms with E-state index in [0.717, 1.165) is 27.9 Å². The SMILES string of the molecule is CNc1cccc(-c2ccc(OCc3ccccc3)nc2OCc2ccccc2)c1. The zero-order valence-electron chi connectivity index (χ0n) is 16.9. The van der Waals surface area contributed by atoms with Crippen LogP contribution in [0.25, 0.3) is 11.1 Å². The van der Waals surface area contributed by atoms with Crippen molar-refractivity contribution >= 4 is 5.69 Å². The van der Waals surface area contributed by atoms with Gasteiger partial charge in [0, 0.05) is 24.4 Å². The highest BCUT2D eigenvalue weighted by Gasteiger charge is 2.12. The Hall–Kier alpha value is -3.79. The van der Waals surface area contributed by atoms with Crippen LogP contribution in [0.4, 0.5) is 5.69 Å². The summed E-state index contributed by atoms with van der Waals surface area (Å²) >= 11 is 0. The minimum Gasteiger partial charge on any atom is -0.473 e. The van der Waals surface area contributed by atoms with E-state index in [2.05, 4.69) is 22.4 Å². The maximum absolute atomic E-state index is 6.13. The Balaban J connectivity index is 1.60. The van der Waals surface area contributed by atoms with Crippen LogP contribution >= 0.6 is 0 Å². The van der Waals surface area contributed by atoms with Gasteiger partial charge in [0.1, 0.15) is 13.2 Å². The zero-order chi connectivity index (χ0) is 20.6. The quantitative estimate of drug-likeness (QED) is 0.400. The van der Waals surface area contributed by atoms with E-state index < -0.39 is 0 Å². The molecule has 0 fully saturated rings. The minimum atomic E-state index is 0.439. The lowest BCUT2D eigenvalue weighted by Gasteiger charge is -2.14. The first-order valence-electron chi connectivity index (χ1n) is 9.94. The van der Waals surface area contributed by atoms with Gasteiger partial charge in [-0.05, 0) is 34.9 Å². The van der Waals surface area contributed by atoms with E-state index >= 15 is 0 Å². The Morgan fingerprint density at radius 1 is 0.700 bits per heavy atom. The summed E-state index contributed by atoms with van der Waals surface area (Å²) < 4.78 is 12.0. The van der Waals surface area contributed by atoms with Crippen LogP contribution in [0.2, 0.25) is 0 Å². The molecule has 0 aliphatic carbocycles. The molecule has 4 aromatic rings. The standard InChI is InChI=1S/C26H24N2O2/c1-27-23-14-8-13-22(17-23)24-15-16-25(29-18-20-9-4-2-5-10-20)28-26(24)30-19-21-11-6-3-7-12-21/h2-17,27H,18-19H2,1H3. The van der Waals surface area contributed by atoms with Gasteiger partial charge in [-0.25, -0.2) is 0 Å². The topological polar surface area (TPSA) is 43.4 Å². The Morgan fingerprint density at radius 3 is 2.03 bits per heavy atom. The van der Waals surface area contributed by atoms with Crippen LogP contribution in [0.3, 0.4) is 0 Å². The van der Waals surface area contributed by atoms with E-state index in [-0.39, 0.29) is 0 Å². The second-order valence-electron chi connectivity index (χ2n) is 6.88. The van der Waals surface area contributed by atoms with Crippen molar-refractivity contribution in [3.05, 3.63) is 108 Å². The smallest absolute Gasteiger partial charge is 0.225 e. The first-order valence-corrected chi connectivity index (χ1v) is 9.94. The minimum absolute atomic E-state index is 0.439. The number of hydrogen-bond acceptors (Lipinski definition) is 4. The van der Waals surface area contributed by atoms with Crippen LogP contribution in [-0.2, 0) is 13.2 Å². The molecule has 4 heteroatoms. The second-order valence-corrected chi connectivity index (χ2v) is 6.88. The highest BCUT2D eigenvalue weighted by atomic mass is 16.5. The molecule has 30 heavy (non-hydrogen) atoms. The summed E-state index contributed by atoms with van der Waals surface area (Å²) in [6.07, 6.45) is 0. The number of rotatable bonds is 8. The molecule has 4 rings (SSSR count). The van der Waals surface area contributed by atoms with E-state index in [4.69, 9.17) is 9.47 Å². The predicted octanol–water partition coefficient (Wildman–Crippen LogP) is 5.95. The summed E-state index contributed by atoms with van der Waals surface area (Å²) in [4.78, 5) is 4.67. The van der Waals surface area contributed by atoms with Gasteiger partial charge in [0.05, 0.1) is 0 Å². The van der Waals surface area contributed by atoms with Gasteiger partial charge in [0.2, 0.25) is 11.8 Å². The summed E-state index contributed by atoms with van der Waals surface area (Å²) in [5, 5.41) is 3.18. The molecule has 0 unspecified atom stereocenters. The van der Waals surface area contributed by atoms with Crippen molar-refractivity contribution in [3.63, 3.8) is 0 Å². The molecule has 150 valence electrons. The van der Waals surface area contributed by atoms with Crippen molar-refractivity contribution in [1.82, 2.24) is 4.98 Å². The zero-order valence-corrected chi connectivity index (χ0v) is 16.9. The first-order chi connectivity index (χ1) is 14.8. The molecule has 0 aliphatic heterocycles. The Kier molecular flexibility index (Phi) is 6.25. The van der Waals surface area contributed by atoms with Crippen LogP contribution < -0.4 is 14.8 Å². The summed E-state index contributed by atoms with van der Waals surface area (Å²) in [7, 11) is 1.91. The van der Waals surface area contributed by atoms with E-state index in [1.807, 2.05) is 92.0 Å². The second kappa shape index (κ2) is 9.61. The summed E-state index contributed by atoms with van der Waals surface area (Å²) in [5.41, 5.74) is 5.18. The Morgan fingerprint density at radius 2 is 1.37 bits per heavy atom. The van der Waals surface area contributed by atoms with Crippen molar-refractivity contribution < 1.29 is 9.47 Å². The molecule has 1 N–H and O–H groups in total. The molecule has 0 bridgehead atoms. The number of ether oxygens (including phenoxy) is 2. The molecule has 0 spiro atoms. The maximum Gasteiger partial charge on any atom is 0.225 e. The molecule has 0 saturated carbocycles. The molecule has 0 amide bonds. The lowest BCUT2D eigenvalue weighted by atomic mass is 10.1. The van der Waals surface area contributed by atoms with Gasteiger partial charge in [0.25, 0.3) is 0 Å². The van der Waals surface area contributed by atoms with Gasteiger partial charge < -0.3 is 14.8 Å². The number of pyridine rings is 1. The van der Waals surface area contributed by atoms with Crippen LogP contribution in [-0.4, -0.2) is 12.0 Å². The lowest BCUT2D eigenvalue weighted by molar-refractivity contribution is 0.268. The van der Waals surface area contributed by atoms with Gasteiger partial charge in [-0.3, -0.25) is 0 Å². The van der Waals surface area contributed by atoms with E-state index in [1.54, 1.807) is 0 Å². The van der Waals surface area contributed by atoms with Gasteiger partial charge in [-0.1, -0.05) is 72.8 Å². The molecule has 0 saturated heterocycles. The third kappa shape index (κ3) is 4.97. The first kappa shape index (κ1) is 19.5. The highest BCUT2D eigenvalue weighted by molar-refractivity contribution is 5.72. The highest BCUT2D eigenvalue weighted by Crippen LogP contribution is 2.32. The molecule has 4 nitrogen and oxygen atoms in total. The number of anilines is 1. The fourth-order valence-electron chi connectivity index (χ4n) is 3.13. The van der Waals surface area contributed by atoms with E-state index in [1.165, 1.54) is 0 Å². The molecule has 1 aromatic heterocycles. The summed E-state index contributed by atoms with van der Waals surface area (Å²) in [6, 6.07) is 32.2.